The molecule has 2 aromatic carbocycles. The van der Waals surface area contributed by atoms with E-state index in [1.807, 2.05) is 0 Å². The molecule has 0 N–H and O–H groups in total. The maximum absolute atomic E-state index is 2.51. The monoisotopic (exact) mass is 312 g/mol. The predicted octanol–water partition coefficient (Wildman–Crippen LogP) is 5.87. The van der Waals surface area contributed by atoms with Crippen molar-refractivity contribution in [1.82, 2.24) is 0 Å². The summed E-state index contributed by atoms with van der Waals surface area (Å²) >= 11 is 0. The van der Waals surface area contributed by atoms with E-state index in [0.717, 1.165) is 11.8 Å². The Balaban J connectivity index is 1.75. The number of hydrogen-bond acceptors (Lipinski definition) is 0. The third-order valence-electron chi connectivity index (χ3n) is 7.10. The minimum atomic E-state index is 0.154. The van der Waals surface area contributed by atoms with Crippen LogP contribution in [0.4, 0.5) is 0 Å². The Bertz CT molecular complexity index is 827. The molecule has 0 radical (unpaired) electrons. The first kappa shape index (κ1) is 14.3. The lowest BCUT2D eigenvalue weighted by molar-refractivity contribution is 0.276. The third-order valence-corrected chi connectivity index (χ3v) is 7.10. The zero-order valence-electron chi connectivity index (χ0n) is 14.4. The van der Waals surface area contributed by atoms with Crippen LogP contribution in [-0.2, 0) is 5.41 Å². The van der Waals surface area contributed by atoms with Crippen molar-refractivity contribution in [2.24, 2.45) is 23.7 Å². The summed E-state index contributed by atoms with van der Waals surface area (Å²) in [5.74, 6) is 2.87. The average molecular weight is 312 g/mol. The van der Waals surface area contributed by atoms with Crippen LogP contribution in [0.3, 0.4) is 0 Å². The molecule has 0 aliphatic heterocycles. The SMILES string of the molecule is CC1=C(c2ccccc2)[C@@H]2[C@@H]([C@H]3C=C[C@@H]2C3)[C@@]1(C)c1ccccc1. The summed E-state index contributed by atoms with van der Waals surface area (Å²) < 4.78 is 0. The van der Waals surface area contributed by atoms with Crippen LogP contribution in [0, 0.1) is 23.7 Å². The van der Waals surface area contributed by atoms with E-state index < -0.39 is 0 Å². The Hall–Kier alpha value is -2.08. The van der Waals surface area contributed by atoms with E-state index in [1.165, 1.54) is 17.5 Å². The first-order chi connectivity index (χ1) is 11.7. The van der Waals surface area contributed by atoms with Crippen molar-refractivity contribution < 1.29 is 0 Å². The van der Waals surface area contributed by atoms with Crippen LogP contribution in [0.2, 0.25) is 0 Å². The van der Waals surface area contributed by atoms with Gasteiger partial charge < -0.3 is 0 Å². The molecule has 2 aromatic rings. The van der Waals surface area contributed by atoms with Crippen molar-refractivity contribution in [1.29, 1.82) is 0 Å². The standard InChI is InChI=1S/C24H24/c1-16-21(17-9-5-3-6-10-17)22-18-13-14-19(15-18)23(22)24(16,2)20-11-7-4-8-12-20/h3-14,18-19,22-23H,15H2,1-2H3/t18-,19+,22-,23-,24-/m1/s1. The zero-order valence-corrected chi connectivity index (χ0v) is 14.4. The molecule has 0 saturated heterocycles. The highest BCUT2D eigenvalue weighted by Gasteiger charge is 2.59. The summed E-state index contributed by atoms with van der Waals surface area (Å²) in [5, 5.41) is 0. The lowest BCUT2D eigenvalue weighted by Gasteiger charge is -2.38. The molecule has 0 heteroatoms. The molecule has 0 heterocycles. The maximum atomic E-state index is 2.51. The minimum absolute atomic E-state index is 0.154. The molecule has 0 nitrogen and oxygen atoms in total. The first-order valence-electron chi connectivity index (χ1n) is 9.22. The van der Waals surface area contributed by atoms with Crippen molar-refractivity contribution in [2.45, 2.75) is 25.7 Å². The smallest absolute Gasteiger partial charge is 0.0176 e. The van der Waals surface area contributed by atoms with Gasteiger partial charge in [0.25, 0.3) is 0 Å². The Morgan fingerprint density at radius 2 is 1.46 bits per heavy atom. The van der Waals surface area contributed by atoms with Gasteiger partial charge in [-0.2, -0.15) is 0 Å². The van der Waals surface area contributed by atoms with Crippen LogP contribution in [-0.4, -0.2) is 0 Å². The van der Waals surface area contributed by atoms with Crippen LogP contribution in [0.1, 0.15) is 31.4 Å². The molecule has 0 spiro atoms. The molecule has 5 rings (SSSR count). The molecule has 120 valence electrons. The molecule has 0 amide bonds. The molecule has 1 saturated carbocycles. The number of allylic oxidation sites excluding steroid dienone is 4. The maximum Gasteiger partial charge on any atom is 0.0176 e. The van der Waals surface area contributed by atoms with Gasteiger partial charge in [-0.15, -0.1) is 0 Å². The zero-order chi connectivity index (χ0) is 16.3. The van der Waals surface area contributed by atoms with Crippen LogP contribution in [0.25, 0.3) is 5.57 Å². The van der Waals surface area contributed by atoms with Gasteiger partial charge >= 0.3 is 0 Å². The Kier molecular flexibility index (Phi) is 2.95. The first-order valence-corrected chi connectivity index (χ1v) is 9.22. The van der Waals surface area contributed by atoms with Crippen LogP contribution in [0.5, 0.6) is 0 Å². The Morgan fingerprint density at radius 3 is 2.17 bits per heavy atom. The summed E-state index contributed by atoms with van der Waals surface area (Å²) in [4.78, 5) is 0. The van der Waals surface area contributed by atoms with Gasteiger partial charge in [0, 0.05) is 5.41 Å². The topological polar surface area (TPSA) is 0 Å². The fourth-order valence-corrected chi connectivity index (χ4v) is 6.00. The quantitative estimate of drug-likeness (QED) is 0.608. The molecule has 0 aromatic heterocycles. The molecule has 3 aliphatic carbocycles. The van der Waals surface area contributed by atoms with Crippen molar-refractivity contribution in [3.8, 4) is 0 Å². The highest BCUT2D eigenvalue weighted by Crippen LogP contribution is 2.66. The van der Waals surface area contributed by atoms with E-state index >= 15 is 0 Å². The summed E-state index contributed by atoms with van der Waals surface area (Å²) in [6.45, 7) is 4.90. The lowest BCUT2D eigenvalue weighted by atomic mass is 9.65. The van der Waals surface area contributed by atoms with Crippen LogP contribution < -0.4 is 0 Å². The highest BCUT2D eigenvalue weighted by atomic mass is 14.6. The van der Waals surface area contributed by atoms with E-state index in [9.17, 15) is 0 Å². The minimum Gasteiger partial charge on any atom is -0.0848 e. The van der Waals surface area contributed by atoms with Crippen molar-refractivity contribution in [3.63, 3.8) is 0 Å². The van der Waals surface area contributed by atoms with Crippen LogP contribution in [0.15, 0.2) is 78.4 Å². The highest BCUT2D eigenvalue weighted by molar-refractivity contribution is 5.78. The van der Waals surface area contributed by atoms with Crippen molar-refractivity contribution in [3.05, 3.63) is 89.5 Å². The lowest BCUT2D eigenvalue weighted by Crippen LogP contribution is -2.35. The normalized spacial score (nSPS) is 36.4. The summed E-state index contributed by atoms with van der Waals surface area (Å²) in [5.41, 5.74) is 6.30. The van der Waals surface area contributed by atoms with Gasteiger partial charge in [0.15, 0.2) is 0 Å². The van der Waals surface area contributed by atoms with Gasteiger partial charge in [-0.1, -0.05) is 85.3 Å². The fraction of sp³-hybridized carbons (Fsp3) is 0.333. The van der Waals surface area contributed by atoms with Gasteiger partial charge in [-0.05, 0) is 53.7 Å². The second kappa shape index (κ2) is 4.96. The van der Waals surface area contributed by atoms with E-state index in [-0.39, 0.29) is 5.41 Å². The summed E-state index contributed by atoms with van der Waals surface area (Å²) in [6.07, 6.45) is 6.36. The molecular weight excluding hydrogens is 288 g/mol. The van der Waals surface area contributed by atoms with Crippen molar-refractivity contribution in [2.75, 3.05) is 0 Å². The van der Waals surface area contributed by atoms with Gasteiger partial charge in [0.1, 0.15) is 0 Å². The third kappa shape index (κ3) is 1.69. The average Bonchev–Trinajstić information content (AvgIpc) is 3.30. The van der Waals surface area contributed by atoms with E-state index in [1.54, 1.807) is 11.1 Å². The van der Waals surface area contributed by atoms with E-state index in [0.29, 0.717) is 11.8 Å². The number of benzene rings is 2. The van der Waals surface area contributed by atoms with Gasteiger partial charge in [0.05, 0.1) is 0 Å². The summed E-state index contributed by atoms with van der Waals surface area (Å²) in [7, 11) is 0. The molecule has 5 atom stereocenters. The molecule has 1 fully saturated rings. The number of rotatable bonds is 2. The van der Waals surface area contributed by atoms with E-state index in [2.05, 4.69) is 86.7 Å². The van der Waals surface area contributed by atoms with E-state index in [4.69, 9.17) is 0 Å². The van der Waals surface area contributed by atoms with Crippen molar-refractivity contribution >= 4 is 5.57 Å². The second-order valence-electron chi connectivity index (χ2n) is 7.97. The Labute approximate surface area is 144 Å². The molecule has 3 aliphatic rings. The molecular formula is C24H24. The van der Waals surface area contributed by atoms with Crippen LogP contribution >= 0.6 is 0 Å². The van der Waals surface area contributed by atoms with Gasteiger partial charge in [0.2, 0.25) is 0 Å². The van der Waals surface area contributed by atoms with Gasteiger partial charge in [-0.25, -0.2) is 0 Å². The predicted molar refractivity (Wildman–Crippen MR) is 101 cm³/mol. The second-order valence-corrected chi connectivity index (χ2v) is 7.97. The molecule has 0 unspecified atom stereocenters. The Morgan fingerprint density at radius 1 is 0.833 bits per heavy atom. The largest absolute Gasteiger partial charge is 0.0848 e. The van der Waals surface area contributed by atoms with Gasteiger partial charge in [-0.3, -0.25) is 0 Å². The number of hydrogen-bond donors (Lipinski definition) is 0. The number of fused-ring (bicyclic) bond motifs is 5. The summed E-state index contributed by atoms with van der Waals surface area (Å²) in [6, 6.07) is 22.3. The fourth-order valence-electron chi connectivity index (χ4n) is 6.00. The molecule has 24 heavy (non-hydrogen) atoms. The molecule has 2 bridgehead atoms.